The molecule has 0 N–H and O–H groups in total. The number of hydrogen-bond acceptors (Lipinski definition) is 2. The first-order valence-corrected chi connectivity index (χ1v) is 7.19. The van der Waals surface area contributed by atoms with Gasteiger partial charge in [-0.15, -0.1) is 0 Å². The van der Waals surface area contributed by atoms with E-state index in [1.165, 1.54) is 38.5 Å². The molecule has 1 heterocycles. The van der Waals surface area contributed by atoms with Gasteiger partial charge >= 0.3 is 0 Å². The first-order valence-electron chi connectivity index (χ1n) is 6.81. The summed E-state index contributed by atoms with van der Waals surface area (Å²) in [5.74, 6) is 1.48. The second-order valence-electron chi connectivity index (χ2n) is 4.72. The predicted molar refractivity (Wildman–Crippen MR) is 72.7 cm³/mol. The highest BCUT2D eigenvalue weighted by Crippen LogP contribution is 2.30. The fraction of sp³-hybridized carbons (Fsp3) is 0.786. The number of halogens is 1. The van der Waals surface area contributed by atoms with Gasteiger partial charge in [0.25, 0.3) is 5.35 Å². The van der Waals surface area contributed by atoms with Gasteiger partial charge in [-0.05, 0) is 31.4 Å². The molecule has 98 valence electrons. The Kier molecular flexibility index (Phi) is 6.64. The standard InChI is InChI=1S/C14H24ClNO/c1-4-6-7-8-9-10-12(5-2)13-11(3)16-14(15)17-13/h12H,4-10H2,1-3H3. The molecule has 0 aromatic carbocycles. The molecule has 1 atom stereocenters. The zero-order valence-corrected chi connectivity index (χ0v) is 12.0. The lowest BCUT2D eigenvalue weighted by Gasteiger charge is -2.12. The smallest absolute Gasteiger partial charge is 0.292 e. The van der Waals surface area contributed by atoms with Crippen molar-refractivity contribution in [3.8, 4) is 0 Å². The van der Waals surface area contributed by atoms with Crippen LogP contribution in [0, 0.1) is 6.92 Å². The third kappa shape index (κ3) is 4.71. The average molecular weight is 258 g/mol. The highest BCUT2D eigenvalue weighted by Gasteiger charge is 2.17. The van der Waals surface area contributed by atoms with Gasteiger partial charge in [-0.25, -0.2) is 4.98 Å². The minimum absolute atomic E-state index is 0.280. The van der Waals surface area contributed by atoms with Crippen LogP contribution in [0.1, 0.15) is 76.2 Å². The van der Waals surface area contributed by atoms with Crippen molar-refractivity contribution < 1.29 is 4.42 Å². The molecule has 0 amide bonds. The summed E-state index contributed by atoms with van der Waals surface area (Å²) >= 11 is 5.79. The summed E-state index contributed by atoms with van der Waals surface area (Å²) in [6.45, 7) is 6.42. The molecule has 0 spiro atoms. The lowest BCUT2D eigenvalue weighted by atomic mass is 9.94. The molecule has 0 radical (unpaired) electrons. The summed E-state index contributed by atoms with van der Waals surface area (Å²) in [7, 11) is 0. The summed E-state index contributed by atoms with van der Waals surface area (Å²) in [6, 6.07) is 0. The molecule has 0 bridgehead atoms. The van der Waals surface area contributed by atoms with Crippen molar-refractivity contribution in [2.24, 2.45) is 0 Å². The summed E-state index contributed by atoms with van der Waals surface area (Å²) in [6.07, 6.45) is 8.88. The van der Waals surface area contributed by atoms with Crippen LogP contribution in [0.25, 0.3) is 0 Å². The molecule has 0 aliphatic heterocycles. The van der Waals surface area contributed by atoms with Crippen molar-refractivity contribution in [1.29, 1.82) is 0 Å². The maximum atomic E-state index is 5.79. The van der Waals surface area contributed by atoms with E-state index in [0.29, 0.717) is 5.92 Å². The molecule has 1 aromatic rings. The third-order valence-corrected chi connectivity index (χ3v) is 3.49. The fourth-order valence-corrected chi connectivity index (χ4v) is 2.48. The Morgan fingerprint density at radius 3 is 2.41 bits per heavy atom. The molecule has 0 saturated carbocycles. The molecular formula is C14H24ClNO. The largest absolute Gasteiger partial charge is 0.432 e. The van der Waals surface area contributed by atoms with Gasteiger partial charge in [0, 0.05) is 5.92 Å². The van der Waals surface area contributed by atoms with Gasteiger partial charge in [0.15, 0.2) is 0 Å². The van der Waals surface area contributed by atoms with Crippen molar-refractivity contribution in [3.05, 3.63) is 16.8 Å². The highest BCUT2D eigenvalue weighted by atomic mass is 35.5. The second-order valence-corrected chi connectivity index (χ2v) is 5.05. The van der Waals surface area contributed by atoms with Crippen molar-refractivity contribution in [3.63, 3.8) is 0 Å². The topological polar surface area (TPSA) is 26.0 Å². The number of aryl methyl sites for hydroxylation is 1. The van der Waals surface area contributed by atoms with E-state index in [-0.39, 0.29) is 5.35 Å². The summed E-state index contributed by atoms with van der Waals surface area (Å²) in [4.78, 5) is 4.14. The average Bonchev–Trinajstić information content (AvgIpc) is 2.63. The lowest BCUT2D eigenvalue weighted by molar-refractivity contribution is 0.423. The quantitative estimate of drug-likeness (QED) is 0.576. The van der Waals surface area contributed by atoms with Gasteiger partial charge < -0.3 is 4.42 Å². The van der Waals surface area contributed by atoms with Gasteiger partial charge in [-0.1, -0.05) is 46.0 Å². The molecule has 1 aromatic heterocycles. The predicted octanol–water partition coefficient (Wildman–Crippen LogP) is 5.49. The summed E-state index contributed by atoms with van der Waals surface area (Å²) in [5, 5.41) is 0.280. The van der Waals surface area contributed by atoms with E-state index < -0.39 is 0 Å². The maximum absolute atomic E-state index is 5.79. The van der Waals surface area contributed by atoms with Crippen molar-refractivity contribution in [1.82, 2.24) is 4.98 Å². The SMILES string of the molecule is CCCCCCCC(CC)c1oc(Cl)nc1C. The van der Waals surface area contributed by atoms with E-state index in [0.717, 1.165) is 17.9 Å². The van der Waals surface area contributed by atoms with Gasteiger partial charge in [0.05, 0.1) is 5.69 Å². The molecule has 17 heavy (non-hydrogen) atoms. The Balaban J connectivity index is 2.40. The Morgan fingerprint density at radius 2 is 1.88 bits per heavy atom. The van der Waals surface area contributed by atoms with E-state index >= 15 is 0 Å². The number of rotatable bonds is 8. The van der Waals surface area contributed by atoms with E-state index in [1.54, 1.807) is 0 Å². The number of aromatic nitrogens is 1. The molecule has 3 heteroatoms. The Hall–Kier alpha value is -0.500. The molecular weight excluding hydrogens is 234 g/mol. The van der Waals surface area contributed by atoms with Crippen LogP contribution in [0.5, 0.6) is 0 Å². The lowest BCUT2D eigenvalue weighted by Crippen LogP contribution is -1.98. The van der Waals surface area contributed by atoms with Crippen molar-refractivity contribution in [2.75, 3.05) is 0 Å². The number of hydrogen-bond donors (Lipinski definition) is 0. The van der Waals surface area contributed by atoms with E-state index in [4.69, 9.17) is 16.0 Å². The summed E-state index contributed by atoms with van der Waals surface area (Å²) < 4.78 is 5.50. The van der Waals surface area contributed by atoms with Crippen molar-refractivity contribution in [2.45, 2.75) is 71.6 Å². The van der Waals surface area contributed by atoms with Crippen LogP contribution >= 0.6 is 11.6 Å². The monoisotopic (exact) mass is 257 g/mol. The Labute approximate surface area is 110 Å². The molecule has 0 saturated heterocycles. The van der Waals surface area contributed by atoms with Crippen LogP contribution in [-0.2, 0) is 0 Å². The van der Waals surface area contributed by atoms with Crippen LogP contribution in [0.3, 0.4) is 0 Å². The first kappa shape index (κ1) is 14.6. The van der Waals surface area contributed by atoms with Crippen LogP contribution in [-0.4, -0.2) is 4.98 Å². The first-order chi connectivity index (χ1) is 8.19. The van der Waals surface area contributed by atoms with Crippen molar-refractivity contribution >= 4 is 11.6 Å². The third-order valence-electron chi connectivity index (χ3n) is 3.33. The summed E-state index contributed by atoms with van der Waals surface area (Å²) in [5.41, 5.74) is 0.954. The van der Waals surface area contributed by atoms with Gasteiger partial charge in [0.2, 0.25) is 0 Å². The van der Waals surface area contributed by atoms with Gasteiger partial charge in [-0.3, -0.25) is 0 Å². The Bertz CT molecular complexity index is 322. The van der Waals surface area contributed by atoms with Crippen LogP contribution in [0.2, 0.25) is 5.35 Å². The van der Waals surface area contributed by atoms with Crippen LogP contribution in [0.15, 0.2) is 4.42 Å². The van der Waals surface area contributed by atoms with Gasteiger partial charge in [0.1, 0.15) is 5.76 Å². The highest BCUT2D eigenvalue weighted by molar-refractivity contribution is 6.27. The minimum atomic E-state index is 0.280. The van der Waals surface area contributed by atoms with E-state index in [1.807, 2.05) is 6.92 Å². The number of unbranched alkanes of at least 4 members (excludes halogenated alkanes) is 4. The number of oxazole rings is 1. The zero-order valence-electron chi connectivity index (χ0n) is 11.3. The Morgan fingerprint density at radius 1 is 1.18 bits per heavy atom. The normalized spacial score (nSPS) is 12.9. The molecule has 2 nitrogen and oxygen atoms in total. The van der Waals surface area contributed by atoms with Crippen LogP contribution in [0.4, 0.5) is 0 Å². The fourth-order valence-electron chi connectivity index (χ4n) is 2.27. The van der Waals surface area contributed by atoms with E-state index in [2.05, 4.69) is 18.8 Å². The van der Waals surface area contributed by atoms with Gasteiger partial charge in [-0.2, -0.15) is 0 Å². The minimum Gasteiger partial charge on any atom is -0.432 e. The molecule has 0 fully saturated rings. The maximum Gasteiger partial charge on any atom is 0.292 e. The van der Waals surface area contributed by atoms with Crippen LogP contribution < -0.4 is 0 Å². The van der Waals surface area contributed by atoms with E-state index in [9.17, 15) is 0 Å². The molecule has 1 rings (SSSR count). The zero-order chi connectivity index (χ0) is 12.7. The molecule has 0 aliphatic rings. The molecule has 0 aliphatic carbocycles. The number of nitrogens with zero attached hydrogens (tertiary/aromatic N) is 1. The second kappa shape index (κ2) is 7.75. The molecule has 1 unspecified atom stereocenters.